The van der Waals surface area contributed by atoms with E-state index in [4.69, 9.17) is 4.42 Å². The summed E-state index contributed by atoms with van der Waals surface area (Å²) < 4.78 is 4.92. The third kappa shape index (κ3) is 2.43. The van der Waals surface area contributed by atoms with Crippen molar-refractivity contribution in [1.29, 1.82) is 0 Å². The second-order valence-electron chi connectivity index (χ2n) is 4.05. The maximum Gasteiger partial charge on any atom is 0.417 e. The Hall–Kier alpha value is -2.08. The Bertz CT molecular complexity index is 614. The van der Waals surface area contributed by atoms with Gasteiger partial charge in [-0.05, 0) is 37.7 Å². The van der Waals surface area contributed by atoms with Crippen molar-refractivity contribution in [3.05, 3.63) is 34.3 Å². The van der Waals surface area contributed by atoms with E-state index in [0.717, 1.165) is 0 Å². The number of hydrogen-bond acceptors (Lipinski definition) is 4. The Morgan fingerprint density at radius 3 is 3.00 bits per heavy atom. The number of carbonyl (C=O) groups is 1. The molecule has 18 heavy (non-hydrogen) atoms. The van der Waals surface area contributed by atoms with E-state index in [1.54, 1.807) is 25.2 Å². The Labute approximate surface area is 103 Å². The van der Waals surface area contributed by atoms with Crippen LogP contribution in [0.2, 0.25) is 0 Å². The highest BCUT2D eigenvalue weighted by Crippen LogP contribution is 2.23. The summed E-state index contributed by atoms with van der Waals surface area (Å²) in [6.07, 6.45) is 0.478. The van der Waals surface area contributed by atoms with Crippen LogP contribution in [0.3, 0.4) is 0 Å². The predicted molar refractivity (Wildman–Crippen MR) is 65.8 cm³/mol. The molecule has 6 heteroatoms. The average Bonchev–Trinajstić information content (AvgIpc) is 2.68. The maximum absolute atomic E-state index is 11.2. The highest BCUT2D eigenvalue weighted by atomic mass is 16.4. The van der Waals surface area contributed by atoms with Crippen molar-refractivity contribution in [2.45, 2.75) is 12.3 Å². The molecule has 0 aliphatic rings. The lowest BCUT2D eigenvalue weighted by Crippen LogP contribution is -2.18. The normalized spacial score (nSPS) is 12.7. The molecule has 0 radical (unpaired) electrons. The van der Waals surface area contributed by atoms with Gasteiger partial charge in [0.05, 0.1) is 11.4 Å². The van der Waals surface area contributed by atoms with E-state index in [0.29, 0.717) is 29.6 Å². The van der Waals surface area contributed by atoms with Crippen molar-refractivity contribution in [3.8, 4) is 0 Å². The van der Waals surface area contributed by atoms with E-state index in [-0.39, 0.29) is 0 Å². The zero-order chi connectivity index (χ0) is 13.1. The Morgan fingerprint density at radius 2 is 2.33 bits per heavy atom. The van der Waals surface area contributed by atoms with Crippen molar-refractivity contribution < 1.29 is 14.3 Å². The smallest absolute Gasteiger partial charge is 0.417 e. The van der Waals surface area contributed by atoms with Gasteiger partial charge in [0.15, 0.2) is 5.58 Å². The van der Waals surface area contributed by atoms with E-state index in [1.807, 2.05) is 0 Å². The number of carboxylic acid groups (broad SMARTS) is 1. The molecule has 1 aromatic heterocycles. The molecule has 96 valence electrons. The number of aromatic amines is 1. The molecule has 0 aliphatic heterocycles. The van der Waals surface area contributed by atoms with Crippen molar-refractivity contribution in [3.63, 3.8) is 0 Å². The summed E-state index contributed by atoms with van der Waals surface area (Å²) in [4.78, 5) is 24.8. The minimum atomic E-state index is -0.887. The number of hydrogen-bond donors (Lipinski definition) is 3. The molecule has 0 amide bonds. The summed E-state index contributed by atoms with van der Waals surface area (Å²) in [6.45, 7) is 0.603. The topological polar surface area (TPSA) is 95.3 Å². The van der Waals surface area contributed by atoms with E-state index in [9.17, 15) is 14.7 Å². The first-order chi connectivity index (χ1) is 8.61. The third-order valence-corrected chi connectivity index (χ3v) is 2.83. The van der Waals surface area contributed by atoms with E-state index in [1.165, 1.54) is 0 Å². The van der Waals surface area contributed by atoms with Crippen LogP contribution < -0.4 is 11.1 Å². The van der Waals surface area contributed by atoms with Crippen molar-refractivity contribution in [2.75, 3.05) is 13.6 Å². The first-order valence-corrected chi connectivity index (χ1v) is 5.62. The molecule has 0 spiro atoms. The number of aromatic nitrogens is 1. The standard InChI is InChI=1S/C12H14N2O4/c1-13-5-4-8(11(15)16)7-2-3-9-10(6-7)18-12(17)14-9/h2-3,6,8,13H,4-5H2,1H3,(H,14,17)(H,15,16). The van der Waals surface area contributed by atoms with Crippen LogP contribution in [0.25, 0.3) is 11.1 Å². The monoisotopic (exact) mass is 250 g/mol. The second kappa shape index (κ2) is 5.05. The number of benzene rings is 1. The Kier molecular flexibility index (Phi) is 3.47. The summed E-state index contributed by atoms with van der Waals surface area (Å²) in [5.41, 5.74) is 1.59. The van der Waals surface area contributed by atoms with Gasteiger partial charge < -0.3 is 14.8 Å². The van der Waals surface area contributed by atoms with Gasteiger partial charge in [-0.3, -0.25) is 9.78 Å². The van der Waals surface area contributed by atoms with Gasteiger partial charge in [0.2, 0.25) is 0 Å². The molecule has 1 atom stereocenters. The van der Waals surface area contributed by atoms with Gasteiger partial charge in [0, 0.05) is 0 Å². The van der Waals surface area contributed by atoms with E-state index >= 15 is 0 Å². The summed E-state index contributed by atoms with van der Waals surface area (Å²) in [5.74, 6) is -2.03. The number of nitrogens with one attached hydrogen (secondary N) is 2. The third-order valence-electron chi connectivity index (χ3n) is 2.83. The minimum Gasteiger partial charge on any atom is -0.481 e. The number of H-pyrrole nitrogens is 1. The first-order valence-electron chi connectivity index (χ1n) is 5.62. The van der Waals surface area contributed by atoms with Crippen LogP contribution in [-0.4, -0.2) is 29.7 Å². The zero-order valence-electron chi connectivity index (χ0n) is 9.90. The van der Waals surface area contributed by atoms with Crippen molar-refractivity contribution in [2.24, 2.45) is 0 Å². The molecule has 1 unspecified atom stereocenters. The van der Waals surface area contributed by atoms with Crippen LogP contribution in [0, 0.1) is 0 Å². The molecular weight excluding hydrogens is 236 g/mol. The fourth-order valence-electron chi connectivity index (χ4n) is 1.90. The SMILES string of the molecule is CNCCC(C(=O)O)c1ccc2[nH]c(=O)oc2c1. The summed E-state index contributed by atoms with van der Waals surface area (Å²) in [5, 5.41) is 12.1. The zero-order valence-corrected chi connectivity index (χ0v) is 9.90. The molecule has 0 saturated carbocycles. The Balaban J connectivity index is 2.37. The van der Waals surface area contributed by atoms with Gasteiger partial charge >= 0.3 is 11.7 Å². The molecule has 1 aromatic carbocycles. The first kappa shape index (κ1) is 12.4. The molecular formula is C12H14N2O4. The van der Waals surface area contributed by atoms with Gasteiger partial charge in [-0.25, -0.2) is 4.79 Å². The molecule has 6 nitrogen and oxygen atoms in total. The summed E-state index contributed by atoms with van der Waals surface area (Å²) >= 11 is 0. The lowest BCUT2D eigenvalue weighted by molar-refractivity contribution is -0.138. The molecule has 1 heterocycles. The van der Waals surface area contributed by atoms with E-state index in [2.05, 4.69) is 10.3 Å². The number of oxazole rings is 1. The molecule has 3 N–H and O–H groups in total. The summed E-state index contributed by atoms with van der Waals surface area (Å²) in [6, 6.07) is 4.95. The van der Waals surface area contributed by atoms with Gasteiger partial charge in [-0.2, -0.15) is 0 Å². The van der Waals surface area contributed by atoms with Crippen LogP contribution in [0.15, 0.2) is 27.4 Å². The molecule has 2 aromatic rings. The van der Waals surface area contributed by atoms with Crippen molar-refractivity contribution in [1.82, 2.24) is 10.3 Å². The molecule has 0 saturated heterocycles. The maximum atomic E-state index is 11.2. The van der Waals surface area contributed by atoms with Crippen LogP contribution in [0.1, 0.15) is 17.9 Å². The summed E-state index contributed by atoms with van der Waals surface area (Å²) in [7, 11) is 1.77. The number of rotatable bonds is 5. The average molecular weight is 250 g/mol. The number of carboxylic acids is 1. The fraction of sp³-hybridized carbons (Fsp3) is 0.333. The Morgan fingerprint density at radius 1 is 1.56 bits per heavy atom. The van der Waals surface area contributed by atoms with Crippen molar-refractivity contribution >= 4 is 17.1 Å². The van der Waals surface area contributed by atoms with Crippen LogP contribution in [-0.2, 0) is 4.79 Å². The van der Waals surface area contributed by atoms with Crippen LogP contribution >= 0.6 is 0 Å². The van der Waals surface area contributed by atoms with Crippen LogP contribution in [0.5, 0.6) is 0 Å². The highest BCUT2D eigenvalue weighted by molar-refractivity contribution is 5.79. The largest absolute Gasteiger partial charge is 0.481 e. The second-order valence-corrected chi connectivity index (χ2v) is 4.05. The van der Waals surface area contributed by atoms with Gasteiger partial charge in [0.25, 0.3) is 0 Å². The van der Waals surface area contributed by atoms with Gasteiger partial charge in [0.1, 0.15) is 0 Å². The van der Waals surface area contributed by atoms with Gasteiger partial charge in [-0.15, -0.1) is 0 Å². The molecule has 0 bridgehead atoms. The number of fused-ring (bicyclic) bond motifs is 1. The fourth-order valence-corrected chi connectivity index (χ4v) is 1.90. The lowest BCUT2D eigenvalue weighted by atomic mass is 9.95. The number of aliphatic carboxylic acids is 1. The van der Waals surface area contributed by atoms with Crippen LogP contribution in [0.4, 0.5) is 0 Å². The molecule has 0 aliphatic carbocycles. The predicted octanol–water partition coefficient (Wildman–Crippen LogP) is 0.899. The molecule has 0 fully saturated rings. The minimum absolute atomic E-state index is 0.383. The van der Waals surface area contributed by atoms with E-state index < -0.39 is 17.6 Å². The highest BCUT2D eigenvalue weighted by Gasteiger charge is 2.20. The molecule has 2 rings (SSSR count). The quantitative estimate of drug-likeness (QED) is 0.732. The lowest BCUT2D eigenvalue weighted by Gasteiger charge is -2.12. The van der Waals surface area contributed by atoms with Gasteiger partial charge in [-0.1, -0.05) is 6.07 Å².